The Labute approximate surface area is 214 Å². The number of thiophene rings is 1. The first-order valence-electron chi connectivity index (χ1n) is 11.2. The first-order valence-corrected chi connectivity index (χ1v) is 13.9. The number of hydrogen-bond donors (Lipinski definition) is 1. The van der Waals surface area contributed by atoms with Gasteiger partial charge in [-0.25, -0.2) is 18.0 Å². The van der Waals surface area contributed by atoms with Crippen LogP contribution in [0.25, 0.3) is 0 Å². The number of nitrogens with zero attached hydrogens (tertiary/aromatic N) is 3. The lowest BCUT2D eigenvalue weighted by molar-refractivity contribution is -0.139. The van der Waals surface area contributed by atoms with Crippen molar-refractivity contribution in [2.45, 2.75) is 17.9 Å². The van der Waals surface area contributed by atoms with E-state index in [1.165, 1.54) is 32.7 Å². The van der Waals surface area contributed by atoms with Gasteiger partial charge in [0.2, 0.25) is 10.0 Å². The third-order valence-electron chi connectivity index (χ3n) is 6.10. The van der Waals surface area contributed by atoms with Gasteiger partial charge in [-0.2, -0.15) is 15.6 Å². The maximum absolute atomic E-state index is 13.0. The molecular formula is C23H27ClN4O5S2. The molecule has 2 aliphatic heterocycles. The van der Waals surface area contributed by atoms with E-state index < -0.39 is 22.0 Å². The van der Waals surface area contributed by atoms with E-state index in [-0.39, 0.29) is 30.6 Å². The van der Waals surface area contributed by atoms with Gasteiger partial charge in [-0.05, 0) is 53.6 Å². The molecule has 2 aliphatic rings. The number of ether oxygens (including phenoxy) is 1. The monoisotopic (exact) mass is 538 g/mol. The zero-order chi connectivity index (χ0) is 25.2. The highest BCUT2D eigenvalue weighted by Crippen LogP contribution is 2.32. The SMILES string of the molecule is CCOC(=O)C1=C(CN2CCN(S(=O)(=O)c3ccc(Cl)cc3)CC2)N(C)C(=O)N[C@@H]1c1ccsc1. The molecule has 2 amide bonds. The van der Waals surface area contributed by atoms with Gasteiger partial charge in [0, 0.05) is 50.5 Å². The Morgan fingerprint density at radius 1 is 1.17 bits per heavy atom. The second-order valence-corrected chi connectivity index (χ2v) is 11.4. The smallest absolute Gasteiger partial charge is 0.338 e. The van der Waals surface area contributed by atoms with Crippen LogP contribution in [0.3, 0.4) is 0 Å². The number of rotatable bonds is 7. The lowest BCUT2D eigenvalue weighted by Gasteiger charge is -2.39. The maximum atomic E-state index is 13.0. The third kappa shape index (κ3) is 5.39. The number of esters is 1. The molecule has 1 atom stereocenters. The van der Waals surface area contributed by atoms with E-state index in [4.69, 9.17) is 16.3 Å². The molecule has 4 rings (SSSR count). The van der Waals surface area contributed by atoms with Gasteiger partial charge >= 0.3 is 12.0 Å². The fourth-order valence-electron chi connectivity index (χ4n) is 4.18. The van der Waals surface area contributed by atoms with Crippen LogP contribution < -0.4 is 5.32 Å². The van der Waals surface area contributed by atoms with Gasteiger partial charge in [0.05, 0.1) is 23.1 Å². The van der Waals surface area contributed by atoms with Crippen LogP contribution in [0.5, 0.6) is 0 Å². The van der Waals surface area contributed by atoms with E-state index in [1.54, 1.807) is 26.1 Å². The highest BCUT2D eigenvalue weighted by atomic mass is 35.5. The number of carbonyl (C=O) groups is 2. The fraction of sp³-hybridized carbons (Fsp3) is 0.391. The van der Waals surface area contributed by atoms with Crippen molar-refractivity contribution < 1.29 is 22.7 Å². The van der Waals surface area contributed by atoms with Gasteiger partial charge in [0.15, 0.2) is 0 Å². The van der Waals surface area contributed by atoms with Gasteiger partial charge in [0.25, 0.3) is 0 Å². The number of urea groups is 1. The number of hydrogen-bond acceptors (Lipinski definition) is 7. The predicted molar refractivity (Wildman–Crippen MR) is 134 cm³/mol. The van der Waals surface area contributed by atoms with Crippen molar-refractivity contribution in [3.05, 3.63) is 62.9 Å². The Balaban J connectivity index is 1.55. The normalized spacial score (nSPS) is 20.1. The average molecular weight is 539 g/mol. The quantitative estimate of drug-likeness (QED) is 0.544. The Kier molecular flexibility index (Phi) is 7.82. The van der Waals surface area contributed by atoms with Crippen molar-refractivity contribution in [1.29, 1.82) is 0 Å². The summed E-state index contributed by atoms with van der Waals surface area (Å²) < 4.78 is 32.8. The number of likely N-dealkylation sites (N-methyl/N-ethyl adjacent to an activating group) is 1. The summed E-state index contributed by atoms with van der Waals surface area (Å²) in [7, 11) is -2.02. The number of benzene rings is 1. The van der Waals surface area contributed by atoms with Gasteiger partial charge in [-0.15, -0.1) is 0 Å². The number of halogens is 1. The summed E-state index contributed by atoms with van der Waals surface area (Å²) in [5, 5.41) is 7.15. The topological polar surface area (TPSA) is 99.3 Å². The van der Waals surface area contributed by atoms with Crippen molar-refractivity contribution in [3.8, 4) is 0 Å². The standard InChI is InChI=1S/C23H27ClN4O5S2/c1-3-33-22(29)20-19(26(2)23(30)25-21(20)16-8-13-34-15-16)14-27-9-11-28(12-10-27)35(31,32)18-6-4-17(24)5-7-18/h4-8,13,15,21H,3,9-12,14H2,1-2H3,(H,25,30)/t21-/m1/s1. The molecule has 0 unspecified atom stereocenters. The number of amides is 2. The first kappa shape index (κ1) is 25.6. The van der Waals surface area contributed by atoms with Gasteiger partial charge < -0.3 is 10.1 Å². The molecule has 0 radical (unpaired) electrons. The Bertz CT molecular complexity index is 1210. The molecular weight excluding hydrogens is 512 g/mol. The highest BCUT2D eigenvalue weighted by Gasteiger charge is 2.38. The Hall–Kier alpha value is -2.44. The molecule has 12 heteroatoms. The number of nitrogens with one attached hydrogen (secondary N) is 1. The summed E-state index contributed by atoms with van der Waals surface area (Å²) in [5.74, 6) is -0.477. The Morgan fingerprint density at radius 3 is 2.46 bits per heavy atom. The number of sulfonamides is 1. The zero-order valence-electron chi connectivity index (χ0n) is 19.4. The summed E-state index contributed by atoms with van der Waals surface area (Å²) in [6, 6.07) is 7.07. The van der Waals surface area contributed by atoms with Gasteiger partial charge in [-0.3, -0.25) is 9.80 Å². The summed E-state index contributed by atoms with van der Waals surface area (Å²) in [6.45, 7) is 3.74. The van der Waals surface area contributed by atoms with Crippen LogP contribution in [0.4, 0.5) is 4.79 Å². The van der Waals surface area contributed by atoms with Crippen LogP contribution in [-0.4, -0.2) is 80.9 Å². The number of piperazine rings is 1. The molecule has 9 nitrogen and oxygen atoms in total. The second kappa shape index (κ2) is 10.7. The van der Waals surface area contributed by atoms with Crippen LogP contribution in [0.15, 0.2) is 57.3 Å². The molecule has 3 heterocycles. The second-order valence-electron chi connectivity index (χ2n) is 8.21. The largest absolute Gasteiger partial charge is 0.463 e. The van der Waals surface area contributed by atoms with Crippen LogP contribution in [-0.2, 0) is 19.6 Å². The summed E-state index contributed by atoms with van der Waals surface area (Å²) in [6.07, 6.45) is 0. The minimum Gasteiger partial charge on any atom is -0.463 e. The minimum atomic E-state index is -3.64. The molecule has 1 aromatic heterocycles. The van der Waals surface area contributed by atoms with Crippen molar-refractivity contribution in [1.82, 2.24) is 19.4 Å². The molecule has 188 valence electrons. The van der Waals surface area contributed by atoms with E-state index >= 15 is 0 Å². The molecule has 1 saturated heterocycles. The zero-order valence-corrected chi connectivity index (χ0v) is 21.8. The molecule has 2 aromatic rings. The van der Waals surface area contributed by atoms with Crippen molar-refractivity contribution in [3.63, 3.8) is 0 Å². The van der Waals surface area contributed by atoms with E-state index in [0.717, 1.165) is 5.56 Å². The van der Waals surface area contributed by atoms with E-state index in [2.05, 4.69) is 5.32 Å². The lowest BCUT2D eigenvalue weighted by atomic mass is 9.96. The fourth-order valence-corrected chi connectivity index (χ4v) is 6.42. The molecule has 1 fully saturated rings. The molecule has 1 aromatic carbocycles. The van der Waals surface area contributed by atoms with E-state index in [0.29, 0.717) is 35.9 Å². The summed E-state index contributed by atoms with van der Waals surface area (Å²) in [5.41, 5.74) is 1.76. The molecule has 0 saturated carbocycles. The van der Waals surface area contributed by atoms with Crippen LogP contribution >= 0.6 is 22.9 Å². The van der Waals surface area contributed by atoms with E-state index in [1.807, 2.05) is 21.7 Å². The summed E-state index contributed by atoms with van der Waals surface area (Å²) >= 11 is 7.37. The summed E-state index contributed by atoms with van der Waals surface area (Å²) in [4.78, 5) is 29.4. The first-order chi connectivity index (χ1) is 16.7. The van der Waals surface area contributed by atoms with Crippen molar-refractivity contribution >= 4 is 45.0 Å². The molecule has 0 spiro atoms. The van der Waals surface area contributed by atoms with Crippen LogP contribution in [0.2, 0.25) is 5.02 Å². The van der Waals surface area contributed by atoms with Crippen LogP contribution in [0.1, 0.15) is 18.5 Å². The van der Waals surface area contributed by atoms with Crippen molar-refractivity contribution in [2.24, 2.45) is 0 Å². The molecule has 0 aliphatic carbocycles. The van der Waals surface area contributed by atoms with E-state index in [9.17, 15) is 18.0 Å². The maximum Gasteiger partial charge on any atom is 0.338 e. The van der Waals surface area contributed by atoms with Gasteiger partial charge in [-0.1, -0.05) is 11.6 Å². The highest BCUT2D eigenvalue weighted by molar-refractivity contribution is 7.89. The molecule has 0 bridgehead atoms. The minimum absolute atomic E-state index is 0.199. The predicted octanol–water partition coefficient (Wildman–Crippen LogP) is 2.92. The van der Waals surface area contributed by atoms with Crippen LogP contribution in [0, 0.1) is 0 Å². The average Bonchev–Trinajstić information content (AvgIpc) is 3.37. The van der Waals surface area contributed by atoms with Crippen molar-refractivity contribution in [2.75, 3.05) is 46.4 Å². The third-order valence-corrected chi connectivity index (χ3v) is 8.97. The van der Waals surface area contributed by atoms with Gasteiger partial charge in [0.1, 0.15) is 0 Å². The number of carbonyl (C=O) groups excluding carboxylic acids is 2. The lowest BCUT2D eigenvalue weighted by Crippen LogP contribution is -2.52. The molecule has 1 N–H and O–H groups in total. The Morgan fingerprint density at radius 2 is 1.86 bits per heavy atom. The molecule has 35 heavy (non-hydrogen) atoms.